The van der Waals surface area contributed by atoms with E-state index in [1.807, 2.05) is 18.2 Å². The number of hydrogen-bond acceptors (Lipinski definition) is 1. The van der Waals surface area contributed by atoms with Crippen molar-refractivity contribution in [2.45, 2.75) is 19.8 Å². The summed E-state index contributed by atoms with van der Waals surface area (Å²) in [7, 11) is 0. The number of hydrogen-bond donors (Lipinski definition) is 1. The second kappa shape index (κ2) is 2.87. The lowest BCUT2D eigenvalue weighted by Gasteiger charge is -1.99. The van der Waals surface area contributed by atoms with E-state index in [1.54, 1.807) is 0 Å². The molecule has 0 bridgehead atoms. The molecule has 15 heavy (non-hydrogen) atoms. The van der Waals surface area contributed by atoms with Crippen LogP contribution in [0.25, 0.3) is 10.9 Å². The molecule has 0 amide bonds. The van der Waals surface area contributed by atoms with E-state index in [0.29, 0.717) is 0 Å². The SMILES string of the molecule is CC1Cc2[nH]c3ccc(C#N)cc3c2C1. The van der Waals surface area contributed by atoms with Gasteiger partial charge in [0.1, 0.15) is 0 Å². The number of nitrogens with zero attached hydrogens (tertiary/aromatic N) is 1. The van der Waals surface area contributed by atoms with Crippen LogP contribution in [0.3, 0.4) is 0 Å². The molecule has 1 N–H and O–H groups in total. The molecule has 0 saturated carbocycles. The zero-order valence-electron chi connectivity index (χ0n) is 8.67. The third kappa shape index (κ3) is 1.16. The summed E-state index contributed by atoms with van der Waals surface area (Å²) in [5, 5.41) is 10.1. The van der Waals surface area contributed by atoms with Crippen LogP contribution in [-0.2, 0) is 12.8 Å². The summed E-state index contributed by atoms with van der Waals surface area (Å²) in [4.78, 5) is 3.45. The highest BCUT2D eigenvalue weighted by Gasteiger charge is 2.22. The molecular weight excluding hydrogens is 184 g/mol. The molecule has 0 saturated heterocycles. The van der Waals surface area contributed by atoms with Crippen molar-refractivity contribution in [2.24, 2.45) is 5.92 Å². The summed E-state index contributed by atoms with van der Waals surface area (Å²) < 4.78 is 0. The van der Waals surface area contributed by atoms with Gasteiger partial charge in [-0.1, -0.05) is 6.92 Å². The van der Waals surface area contributed by atoms with Crippen molar-refractivity contribution < 1.29 is 0 Å². The van der Waals surface area contributed by atoms with Gasteiger partial charge in [0, 0.05) is 16.6 Å². The van der Waals surface area contributed by atoms with Crippen LogP contribution in [0.5, 0.6) is 0 Å². The third-order valence-electron chi connectivity index (χ3n) is 3.23. The minimum atomic E-state index is 0.737. The van der Waals surface area contributed by atoms with Crippen molar-refractivity contribution in [1.29, 1.82) is 5.26 Å². The fourth-order valence-electron chi connectivity index (χ4n) is 2.55. The molecule has 0 aliphatic heterocycles. The molecule has 1 aromatic carbocycles. The number of H-pyrrole nitrogens is 1. The maximum absolute atomic E-state index is 8.87. The first-order valence-electron chi connectivity index (χ1n) is 5.31. The molecule has 0 spiro atoms. The summed E-state index contributed by atoms with van der Waals surface area (Å²) in [5.74, 6) is 0.737. The number of nitriles is 1. The first-order valence-corrected chi connectivity index (χ1v) is 5.31. The van der Waals surface area contributed by atoms with Crippen molar-refractivity contribution in [1.82, 2.24) is 4.98 Å². The topological polar surface area (TPSA) is 39.6 Å². The van der Waals surface area contributed by atoms with Crippen LogP contribution < -0.4 is 0 Å². The quantitative estimate of drug-likeness (QED) is 0.691. The smallest absolute Gasteiger partial charge is 0.0991 e. The highest BCUT2D eigenvalue weighted by molar-refractivity contribution is 5.86. The zero-order valence-corrected chi connectivity index (χ0v) is 8.67. The van der Waals surface area contributed by atoms with E-state index in [2.05, 4.69) is 18.0 Å². The largest absolute Gasteiger partial charge is 0.358 e. The van der Waals surface area contributed by atoms with E-state index in [1.165, 1.54) is 22.2 Å². The lowest BCUT2D eigenvalue weighted by Crippen LogP contribution is -1.92. The Labute approximate surface area is 88.5 Å². The molecule has 1 heterocycles. The Morgan fingerprint density at radius 3 is 3.07 bits per heavy atom. The van der Waals surface area contributed by atoms with Crippen molar-refractivity contribution >= 4 is 10.9 Å². The fraction of sp³-hybridized carbons (Fsp3) is 0.308. The third-order valence-corrected chi connectivity index (χ3v) is 3.23. The Morgan fingerprint density at radius 2 is 2.27 bits per heavy atom. The summed E-state index contributed by atoms with van der Waals surface area (Å²) >= 11 is 0. The minimum absolute atomic E-state index is 0.737. The number of aromatic nitrogens is 1. The molecule has 3 rings (SSSR count). The van der Waals surface area contributed by atoms with Gasteiger partial charge in [-0.15, -0.1) is 0 Å². The van der Waals surface area contributed by atoms with E-state index in [-0.39, 0.29) is 0 Å². The number of rotatable bonds is 0. The summed E-state index contributed by atoms with van der Waals surface area (Å²) in [6.45, 7) is 2.27. The number of nitrogens with one attached hydrogen (secondary N) is 1. The van der Waals surface area contributed by atoms with Gasteiger partial charge in [0.2, 0.25) is 0 Å². The maximum atomic E-state index is 8.87. The van der Waals surface area contributed by atoms with E-state index < -0.39 is 0 Å². The van der Waals surface area contributed by atoms with Gasteiger partial charge in [-0.2, -0.15) is 5.26 Å². The van der Waals surface area contributed by atoms with E-state index in [9.17, 15) is 0 Å². The zero-order chi connectivity index (χ0) is 10.4. The number of benzene rings is 1. The first kappa shape index (κ1) is 8.55. The van der Waals surface area contributed by atoms with Crippen LogP contribution in [0.1, 0.15) is 23.7 Å². The molecule has 1 aromatic heterocycles. The van der Waals surface area contributed by atoms with Gasteiger partial charge in [0.05, 0.1) is 11.6 Å². The molecule has 2 aromatic rings. The summed E-state index contributed by atoms with van der Waals surface area (Å²) in [6.07, 6.45) is 2.29. The number of fused-ring (bicyclic) bond motifs is 3. The lowest BCUT2D eigenvalue weighted by molar-refractivity contribution is 0.623. The van der Waals surface area contributed by atoms with E-state index in [4.69, 9.17) is 5.26 Å². The van der Waals surface area contributed by atoms with Crippen molar-refractivity contribution in [2.75, 3.05) is 0 Å². The standard InChI is InChI=1S/C13H12N2/c1-8-4-10-11-6-9(7-14)2-3-12(11)15-13(10)5-8/h2-3,6,8,15H,4-5H2,1H3. The van der Waals surface area contributed by atoms with Gasteiger partial charge < -0.3 is 4.98 Å². The molecule has 2 nitrogen and oxygen atoms in total. The summed E-state index contributed by atoms with van der Waals surface area (Å²) in [5.41, 5.74) is 4.72. The molecule has 74 valence electrons. The lowest BCUT2D eigenvalue weighted by atomic mass is 10.1. The second-order valence-corrected chi connectivity index (χ2v) is 4.47. The molecule has 1 unspecified atom stereocenters. The van der Waals surface area contributed by atoms with Gasteiger partial charge in [-0.05, 0) is 42.5 Å². The van der Waals surface area contributed by atoms with Crippen LogP contribution in [0.15, 0.2) is 18.2 Å². The molecule has 1 atom stereocenters. The second-order valence-electron chi connectivity index (χ2n) is 4.47. The van der Waals surface area contributed by atoms with Crippen LogP contribution in [0, 0.1) is 17.2 Å². The van der Waals surface area contributed by atoms with Gasteiger partial charge in [0.15, 0.2) is 0 Å². The Balaban J connectivity index is 2.28. The first-order chi connectivity index (χ1) is 7.28. The fourth-order valence-corrected chi connectivity index (χ4v) is 2.55. The van der Waals surface area contributed by atoms with Crippen molar-refractivity contribution in [3.8, 4) is 6.07 Å². The number of aromatic amines is 1. The predicted octanol–water partition coefficient (Wildman–Crippen LogP) is 2.77. The molecule has 1 aliphatic carbocycles. The van der Waals surface area contributed by atoms with Crippen LogP contribution in [0.2, 0.25) is 0 Å². The molecule has 0 fully saturated rings. The van der Waals surface area contributed by atoms with Crippen LogP contribution in [0.4, 0.5) is 0 Å². The molecule has 0 radical (unpaired) electrons. The van der Waals surface area contributed by atoms with Crippen LogP contribution in [-0.4, -0.2) is 4.98 Å². The Kier molecular flexibility index (Phi) is 1.63. The molecule has 2 heteroatoms. The Bertz CT molecular complexity index is 572. The highest BCUT2D eigenvalue weighted by atomic mass is 14.7. The molecule has 1 aliphatic rings. The van der Waals surface area contributed by atoms with E-state index in [0.717, 1.165) is 24.3 Å². The average molecular weight is 196 g/mol. The maximum Gasteiger partial charge on any atom is 0.0991 e. The van der Waals surface area contributed by atoms with Gasteiger partial charge in [-0.25, -0.2) is 0 Å². The van der Waals surface area contributed by atoms with Crippen molar-refractivity contribution in [3.05, 3.63) is 35.0 Å². The van der Waals surface area contributed by atoms with Crippen LogP contribution >= 0.6 is 0 Å². The molecular formula is C13H12N2. The Hall–Kier alpha value is -1.75. The minimum Gasteiger partial charge on any atom is -0.358 e. The van der Waals surface area contributed by atoms with Gasteiger partial charge in [0.25, 0.3) is 0 Å². The van der Waals surface area contributed by atoms with E-state index >= 15 is 0 Å². The normalized spacial score (nSPS) is 19.1. The monoisotopic (exact) mass is 196 g/mol. The average Bonchev–Trinajstić information content (AvgIpc) is 2.73. The Morgan fingerprint density at radius 1 is 1.40 bits per heavy atom. The predicted molar refractivity (Wildman–Crippen MR) is 59.6 cm³/mol. The van der Waals surface area contributed by atoms with Gasteiger partial charge in [-0.3, -0.25) is 0 Å². The summed E-state index contributed by atoms with van der Waals surface area (Å²) in [6, 6.07) is 8.08. The van der Waals surface area contributed by atoms with Crippen molar-refractivity contribution in [3.63, 3.8) is 0 Å². The highest BCUT2D eigenvalue weighted by Crippen LogP contribution is 2.33. The van der Waals surface area contributed by atoms with Gasteiger partial charge >= 0.3 is 0 Å².